The molecule has 0 radical (unpaired) electrons. The molecule has 9 rings (SSSR count). The van der Waals surface area contributed by atoms with Crippen LogP contribution >= 0.6 is 0 Å². The van der Waals surface area contributed by atoms with Gasteiger partial charge in [0.15, 0.2) is 0 Å². The number of benzene rings is 8. The largest absolute Gasteiger partial charge is 0.0622 e. The molecule has 0 spiro atoms. The van der Waals surface area contributed by atoms with Crippen molar-refractivity contribution in [2.24, 2.45) is 0 Å². The Morgan fingerprint density at radius 2 is 0.911 bits per heavy atom. The van der Waals surface area contributed by atoms with E-state index in [4.69, 9.17) is 0 Å². The lowest BCUT2D eigenvalue weighted by molar-refractivity contribution is 0.660. The molecule has 0 aliphatic heterocycles. The third-order valence-corrected chi connectivity index (χ3v) is 10.0. The molecule has 0 atom stereocenters. The summed E-state index contributed by atoms with van der Waals surface area (Å²) in [6, 6.07) is 58.5. The van der Waals surface area contributed by atoms with Crippen molar-refractivity contribution in [3.8, 4) is 44.5 Å². The predicted octanol–water partition coefficient (Wildman–Crippen LogP) is 12.5. The van der Waals surface area contributed by atoms with Gasteiger partial charge in [-0.2, -0.15) is 0 Å². The van der Waals surface area contributed by atoms with Crippen molar-refractivity contribution in [3.63, 3.8) is 0 Å². The van der Waals surface area contributed by atoms with Gasteiger partial charge in [-0.3, -0.25) is 0 Å². The maximum atomic E-state index is 2.47. The van der Waals surface area contributed by atoms with Gasteiger partial charge in [0.2, 0.25) is 0 Å². The molecule has 0 amide bonds. The molecule has 0 heterocycles. The average molecular weight is 573 g/mol. The minimum atomic E-state index is -0.0617. The number of rotatable bonds is 3. The molecule has 0 fully saturated rings. The van der Waals surface area contributed by atoms with E-state index in [0.717, 1.165) is 0 Å². The number of fused-ring (bicyclic) bond motifs is 6. The smallest absolute Gasteiger partial charge is 0.0159 e. The van der Waals surface area contributed by atoms with E-state index < -0.39 is 0 Å². The average Bonchev–Trinajstić information content (AvgIpc) is 3.32. The van der Waals surface area contributed by atoms with Gasteiger partial charge in [0.1, 0.15) is 0 Å². The van der Waals surface area contributed by atoms with E-state index >= 15 is 0 Å². The van der Waals surface area contributed by atoms with Gasteiger partial charge in [0, 0.05) is 5.41 Å². The van der Waals surface area contributed by atoms with Crippen LogP contribution in [0.3, 0.4) is 0 Å². The van der Waals surface area contributed by atoms with Crippen molar-refractivity contribution in [1.82, 2.24) is 0 Å². The van der Waals surface area contributed by atoms with Crippen LogP contribution < -0.4 is 0 Å². The fraction of sp³-hybridized carbons (Fsp3) is 0.0667. The first-order chi connectivity index (χ1) is 22.1. The van der Waals surface area contributed by atoms with Gasteiger partial charge < -0.3 is 0 Å². The summed E-state index contributed by atoms with van der Waals surface area (Å²) in [7, 11) is 0. The first-order valence-corrected chi connectivity index (χ1v) is 15.9. The van der Waals surface area contributed by atoms with Gasteiger partial charge in [0.25, 0.3) is 0 Å². The van der Waals surface area contributed by atoms with E-state index in [0.29, 0.717) is 0 Å². The highest BCUT2D eigenvalue weighted by Gasteiger charge is 2.35. The SMILES string of the molecule is CC1(C)c2ccccc2-c2ccc(-c3c4ccccc4c(-c4ccccc4)c4ccc(-c5ccc6ccccc6c5)cc34)cc21. The van der Waals surface area contributed by atoms with Crippen LogP contribution in [0.1, 0.15) is 25.0 Å². The van der Waals surface area contributed by atoms with Crippen LogP contribution in [0.25, 0.3) is 76.8 Å². The standard InChI is InChI=1S/C45H32/c1-45(2)41-19-11-10-16-35(41)36-24-23-34(28-42(36)45)44-38-18-9-8-17-37(38)43(30-13-4-3-5-14-30)39-25-22-33(27-40(39)44)32-21-20-29-12-6-7-15-31(29)26-32/h3-28H,1-2H3. The highest BCUT2D eigenvalue weighted by Crippen LogP contribution is 2.51. The summed E-state index contributed by atoms with van der Waals surface area (Å²) >= 11 is 0. The normalized spacial score (nSPS) is 13.3. The molecule has 0 saturated carbocycles. The zero-order valence-corrected chi connectivity index (χ0v) is 25.5. The molecule has 0 saturated heterocycles. The summed E-state index contributed by atoms with van der Waals surface area (Å²) in [5.41, 5.74) is 13.0. The fourth-order valence-corrected chi connectivity index (χ4v) is 7.81. The number of hydrogen-bond donors (Lipinski definition) is 0. The van der Waals surface area contributed by atoms with Crippen LogP contribution in [-0.2, 0) is 5.41 Å². The molecule has 0 bridgehead atoms. The van der Waals surface area contributed by atoms with E-state index in [1.807, 2.05) is 0 Å². The molecule has 0 aromatic heterocycles. The van der Waals surface area contributed by atoms with Crippen molar-refractivity contribution in [3.05, 3.63) is 169 Å². The van der Waals surface area contributed by atoms with E-state index in [2.05, 4.69) is 172 Å². The Balaban J connectivity index is 1.37. The first-order valence-electron chi connectivity index (χ1n) is 15.9. The summed E-state index contributed by atoms with van der Waals surface area (Å²) in [5, 5.41) is 7.66. The Labute approximate surface area is 264 Å². The highest BCUT2D eigenvalue weighted by molar-refractivity contribution is 6.22. The molecule has 1 aliphatic rings. The van der Waals surface area contributed by atoms with Crippen LogP contribution in [0.4, 0.5) is 0 Å². The van der Waals surface area contributed by atoms with Crippen molar-refractivity contribution in [2.75, 3.05) is 0 Å². The monoisotopic (exact) mass is 572 g/mol. The lowest BCUT2D eigenvalue weighted by Gasteiger charge is -2.23. The summed E-state index contributed by atoms with van der Waals surface area (Å²) in [6.07, 6.45) is 0. The Morgan fingerprint density at radius 1 is 0.333 bits per heavy atom. The lowest BCUT2D eigenvalue weighted by Crippen LogP contribution is -2.14. The lowest BCUT2D eigenvalue weighted by atomic mass is 9.80. The van der Waals surface area contributed by atoms with Crippen LogP contribution in [-0.4, -0.2) is 0 Å². The van der Waals surface area contributed by atoms with Crippen molar-refractivity contribution < 1.29 is 0 Å². The summed E-state index contributed by atoms with van der Waals surface area (Å²) in [6.45, 7) is 4.74. The van der Waals surface area contributed by atoms with E-state index in [-0.39, 0.29) is 5.41 Å². The van der Waals surface area contributed by atoms with Crippen LogP contribution in [0.15, 0.2) is 158 Å². The molecule has 0 nitrogen and oxygen atoms in total. The second-order valence-electron chi connectivity index (χ2n) is 12.9. The molecule has 0 heteroatoms. The topological polar surface area (TPSA) is 0 Å². The molecule has 8 aromatic carbocycles. The first kappa shape index (κ1) is 26.0. The fourth-order valence-electron chi connectivity index (χ4n) is 7.81. The summed E-state index contributed by atoms with van der Waals surface area (Å²) in [5.74, 6) is 0. The molecule has 45 heavy (non-hydrogen) atoms. The Hall–Kier alpha value is -5.46. The van der Waals surface area contributed by atoms with E-state index in [1.54, 1.807) is 0 Å². The van der Waals surface area contributed by atoms with Crippen LogP contribution in [0, 0.1) is 0 Å². The molecular formula is C45H32. The van der Waals surface area contributed by atoms with Crippen molar-refractivity contribution >= 4 is 32.3 Å². The van der Waals surface area contributed by atoms with Gasteiger partial charge in [-0.15, -0.1) is 0 Å². The zero-order valence-electron chi connectivity index (χ0n) is 25.5. The minimum Gasteiger partial charge on any atom is -0.0622 e. The van der Waals surface area contributed by atoms with Gasteiger partial charge in [-0.05, 0) is 106 Å². The van der Waals surface area contributed by atoms with Gasteiger partial charge in [-0.25, -0.2) is 0 Å². The van der Waals surface area contributed by atoms with Crippen LogP contribution in [0.5, 0.6) is 0 Å². The van der Waals surface area contributed by atoms with E-state index in [9.17, 15) is 0 Å². The Morgan fingerprint density at radius 3 is 1.73 bits per heavy atom. The number of hydrogen-bond acceptors (Lipinski definition) is 0. The second-order valence-corrected chi connectivity index (χ2v) is 12.9. The third-order valence-electron chi connectivity index (χ3n) is 10.0. The second kappa shape index (κ2) is 9.78. The molecule has 0 unspecified atom stereocenters. The third kappa shape index (κ3) is 3.92. The molecular weight excluding hydrogens is 540 g/mol. The van der Waals surface area contributed by atoms with Crippen molar-refractivity contribution in [1.29, 1.82) is 0 Å². The highest BCUT2D eigenvalue weighted by atomic mass is 14.4. The van der Waals surface area contributed by atoms with Gasteiger partial charge in [0.05, 0.1) is 0 Å². The molecule has 1 aliphatic carbocycles. The zero-order chi connectivity index (χ0) is 30.1. The predicted molar refractivity (Wildman–Crippen MR) is 193 cm³/mol. The quantitative estimate of drug-likeness (QED) is 0.185. The van der Waals surface area contributed by atoms with E-state index in [1.165, 1.54) is 88.0 Å². The van der Waals surface area contributed by atoms with Crippen molar-refractivity contribution in [2.45, 2.75) is 19.3 Å². The Bertz CT molecular complexity index is 2440. The molecule has 8 aromatic rings. The van der Waals surface area contributed by atoms with Gasteiger partial charge >= 0.3 is 0 Å². The van der Waals surface area contributed by atoms with Gasteiger partial charge in [-0.1, -0.05) is 153 Å². The van der Waals surface area contributed by atoms with Crippen LogP contribution in [0.2, 0.25) is 0 Å². The Kier molecular flexibility index (Phi) is 5.64. The molecule has 0 N–H and O–H groups in total. The summed E-state index contributed by atoms with van der Waals surface area (Å²) < 4.78 is 0. The minimum absolute atomic E-state index is 0.0617. The maximum Gasteiger partial charge on any atom is 0.0159 e. The molecule has 212 valence electrons. The summed E-state index contributed by atoms with van der Waals surface area (Å²) in [4.78, 5) is 0. The maximum absolute atomic E-state index is 2.47.